The lowest BCUT2D eigenvalue weighted by Crippen LogP contribution is -2.50. The van der Waals surface area contributed by atoms with Gasteiger partial charge in [-0.25, -0.2) is 14.5 Å². The number of amides is 1. The van der Waals surface area contributed by atoms with Crippen LogP contribution in [0.3, 0.4) is 0 Å². The molecule has 2 heterocycles. The van der Waals surface area contributed by atoms with Crippen LogP contribution in [0, 0.1) is 11.8 Å². The molecule has 1 aliphatic carbocycles. The monoisotopic (exact) mass is 548 g/mol. The van der Waals surface area contributed by atoms with E-state index in [1.54, 1.807) is 6.08 Å². The highest BCUT2D eigenvalue weighted by molar-refractivity contribution is 6.03. The summed E-state index contributed by atoms with van der Waals surface area (Å²) in [6.07, 6.45) is 13.4. The number of hydrogen-bond donors (Lipinski definition) is 0. The van der Waals surface area contributed by atoms with E-state index >= 15 is 0 Å². The van der Waals surface area contributed by atoms with E-state index in [0.29, 0.717) is 23.8 Å². The lowest BCUT2D eigenvalue weighted by molar-refractivity contribution is -0.160. The van der Waals surface area contributed by atoms with Crippen molar-refractivity contribution in [2.75, 3.05) is 31.3 Å². The Hall–Kier alpha value is -3.62. The van der Waals surface area contributed by atoms with E-state index in [-0.39, 0.29) is 37.4 Å². The van der Waals surface area contributed by atoms with Gasteiger partial charge in [-0.05, 0) is 48.1 Å². The van der Waals surface area contributed by atoms with Crippen molar-refractivity contribution >= 4 is 23.8 Å². The Bertz CT molecular complexity index is 1210. The van der Waals surface area contributed by atoms with Gasteiger partial charge in [0.15, 0.2) is 12.5 Å². The molecule has 8 nitrogen and oxygen atoms in total. The summed E-state index contributed by atoms with van der Waals surface area (Å²) in [5.74, 6) is -0.111. The third kappa shape index (κ3) is 6.92. The molecule has 0 bridgehead atoms. The average molecular weight is 549 g/mol. The lowest BCUT2D eigenvalue weighted by Gasteiger charge is -2.39. The Morgan fingerprint density at radius 1 is 0.975 bits per heavy atom. The molecule has 0 saturated heterocycles. The van der Waals surface area contributed by atoms with Crippen molar-refractivity contribution in [3.05, 3.63) is 83.6 Å². The number of nitrogens with zero attached hydrogens (tertiary/aromatic N) is 2. The van der Waals surface area contributed by atoms with Crippen molar-refractivity contribution in [3.8, 4) is 0 Å². The van der Waals surface area contributed by atoms with Crippen molar-refractivity contribution in [1.29, 1.82) is 0 Å². The van der Waals surface area contributed by atoms with Crippen molar-refractivity contribution in [2.45, 2.75) is 53.1 Å². The fourth-order valence-corrected chi connectivity index (χ4v) is 4.69. The molecule has 0 saturated carbocycles. The zero-order valence-electron chi connectivity index (χ0n) is 24.0. The van der Waals surface area contributed by atoms with Crippen LogP contribution in [0.15, 0.2) is 78.1 Å². The van der Waals surface area contributed by atoms with Crippen LogP contribution in [0.5, 0.6) is 0 Å². The molecule has 3 aliphatic rings. The average Bonchev–Trinajstić information content (AvgIpc) is 2.94. The van der Waals surface area contributed by atoms with Crippen LogP contribution < -0.4 is 4.90 Å². The predicted molar refractivity (Wildman–Crippen MR) is 155 cm³/mol. The summed E-state index contributed by atoms with van der Waals surface area (Å²) in [6.45, 7) is 11.1. The second-order valence-corrected chi connectivity index (χ2v) is 10.7. The Morgan fingerprint density at radius 3 is 2.50 bits per heavy atom. The van der Waals surface area contributed by atoms with E-state index in [0.717, 1.165) is 5.57 Å². The van der Waals surface area contributed by atoms with E-state index in [4.69, 9.17) is 18.9 Å². The van der Waals surface area contributed by atoms with Crippen molar-refractivity contribution in [3.63, 3.8) is 0 Å². The molecule has 0 radical (unpaired) electrons. The smallest absolute Gasteiger partial charge is 0.416 e. The number of esters is 1. The van der Waals surface area contributed by atoms with Crippen molar-refractivity contribution in [1.82, 2.24) is 4.90 Å². The summed E-state index contributed by atoms with van der Waals surface area (Å²) in [5, 5.41) is 0. The van der Waals surface area contributed by atoms with Crippen LogP contribution in [0.4, 0.5) is 10.5 Å². The molecular weight excluding hydrogens is 508 g/mol. The van der Waals surface area contributed by atoms with Gasteiger partial charge in [0.25, 0.3) is 0 Å². The molecule has 214 valence electrons. The van der Waals surface area contributed by atoms with Gasteiger partial charge in [-0.3, -0.25) is 0 Å². The van der Waals surface area contributed by atoms with Gasteiger partial charge in [-0.1, -0.05) is 76.3 Å². The maximum atomic E-state index is 13.9. The van der Waals surface area contributed by atoms with Crippen molar-refractivity contribution < 1.29 is 28.5 Å². The molecule has 0 N–H and O–H groups in total. The van der Waals surface area contributed by atoms with Gasteiger partial charge in [0.2, 0.25) is 0 Å². The quantitative estimate of drug-likeness (QED) is 0.322. The van der Waals surface area contributed by atoms with Gasteiger partial charge >= 0.3 is 12.1 Å². The second kappa shape index (κ2) is 13.6. The zero-order chi connectivity index (χ0) is 28.6. The van der Waals surface area contributed by atoms with Crippen LogP contribution in [0.2, 0.25) is 0 Å². The molecule has 40 heavy (non-hydrogen) atoms. The Labute approximate surface area is 237 Å². The largest absolute Gasteiger partial charge is 0.449 e. The molecule has 0 fully saturated rings. The van der Waals surface area contributed by atoms with Gasteiger partial charge in [-0.15, -0.1) is 0 Å². The minimum absolute atomic E-state index is 0.0956. The number of benzene rings is 1. The number of anilines is 1. The van der Waals surface area contributed by atoms with Crippen LogP contribution in [0.25, 0.3) is 6.08 Å². The van der Waals surface area contributed by atoms with Gasteiger partial charge in [-0.2, -0.15) is 0 Å². The van der Waals surface area contributed by atoms with Crippen LogP contribution >= 0.6 is 0 Å². The molecule has 8 heteroatoms. The van der Waals surface area contributed by atoms with E-state index in [1.807, 2.05) is 86.5 Å². The molecule has 1 aromatic rings. The first kappa shape index (κ1) is 29.4. The number of para-hydroxylation sites is 1. The minimum atomic E-state index is -1.01. The number of carbonyl (C=O) groups is 2. The number of carbonyl (C=O) groups excluding carboxylic acids is 2. The van der Waals surface area contributed by atoms with E-state index in [2.05, 4.69) is 19.9 Å². The van der Waals surface area contributed by atoms with Crippen LogP contribution in [-0.2, 0) is 23.7 Å². The second-order valence-electron chi connectivity index (χ2n) is 10.7. The van der Waals surface area contributed by atoms with Gasteiger partial charge < -0.3 is 23.8 Å². The molecule has 3 atom stereocenters. The summed E-state index contributed by atoms with van der Waals surface area (Å²) in [5.41, 5.74) is 2.61. The summed E-state index contributed by atoms with van der Waals surface area (Å²) in [7, 11) is 0. The minimum Gasteiger partial charge on any atom is -0.449 e. The first-order chi connectivity index (χ1) is 19.3. The topological polar surface area (TPSA) is 77.5 Å². The highest BCUT2D eigenvalue weighted by atomic mass is 16.6. The third-order valence-electron chi connectivity index (χ3n) is 6.49. The standard InChI is InChI=1S/C32H40N2O6/c1-6-38-30-26(18-25-13-8-10-16-28(25)34(30)32(36)39-20-23(4)5)31(35)40-29(21-37-19-22(2)3)33-17-11-14-24-12-7-9-15-27(24)33/h7-18,22-23,27,29-30H,6,19-21H2,1-5H3. The maximum Gasteiger partial charge on any atom is 0.416 e. The highest BCUT2D eigenvalue weighted by Crippen LogP contribution is 2.35. The molecule has 4 rings (SSSR count). The predicted octanol–water partition coefficient (Wildman–Crippen LogP) is 5.84. The number of fused-ring (bicyclic) bond motifs is 2. The Kier molecular flexibility index (Phi) is 10.0. The zero-order valence-corrected chi connectivity index (χ0v) is 24.0. The van der Waals surface area contributed by atoms with Crippen molar-refractivity contribution in [2.24, 2.45) is 11.8 Å². The van der Waals surface area contributed by atoms with Gasteiger partial charge in [0.05, 0.1) is 23.9 Å². The number of rotatable bonds is 11. The Morgan fingerprint density at radius 2 is 1.75 bits per heavy atom. The molecule has 3 unspecified atom stereocenters. The molecule has 1 amide bonds. The third-order valence-corrected chi connectivity index (χ3v) is 6.49. The lowest BCUT2D eigenvalue weighted by atomic mass is 9.98. The summed E-state index contributed by atoms with van der Waals surface area (Å²) in [4.78, 5) is 30.7. The van der Waals surface area contributed by atoms with Gasteiger partial charge in [0.1, 0.15) is 6.61 Å². The number of hydrogen-bond acceptors (Lipinski definition) is 7. The normalized spacial score (nSPS) is 20.2. The first-order valence-electron chi connectivity index (χ1n) is 14.0. The first-order valence-corrected chi connectivity index (χ1v) is 14.0. The van der Waals surface area contributed by atoms with E-state index in [1.165, 1.54) is 4.90 Å². The Balaban J connectivity index is 1.64. The molecule has 0 spiro atoms. The fourth-order valence-electron chi connectivity index (χ4n) is 4.69. The highest BCUT2D eigenvalue weighted by Gasteiger charge is 2.40. The van der Waals surface area contributed by atoms with Crippen LogP contribution in [0.1, 0.15) is 40.2 Å². The van der Waals surface area contributed by atoms with E-state index in [9.17, 15) is 9.59 Å². The summed E-state index contributed by atoms with van der Waals surface area (Å²) in [6, 6.07) is 7.26. The van der Waals surface area contributed by atoms with E-state index < -0.39 is 24.5 Å². The molecule has 1 aromatic carbocycles. The number of allylic oxidation sites excluding steroid dienone is 4. The van der Waals surface area contributed by atoms with Crippen LogP contribution in [-0.4, -0.2) is 61.9 Å². The maximum absolute atomic E-state index is 13.9. The SMILES string of the molecule is CCOC1C(C(=O)OC(COCC(C)C)N2C=CC=C3C=CC=CC32)=Cc2ccccc2N1C(=O)OCC(C)C. The molecular formula is C32H40N2O6. The summed E-state index contributed by atoms with van der Waals surface area (Å²) >= 11 is 0. The van der Waals surface area contributed by atoms with Gasteiger partial charge in [0, 0.05) is 19.4 Å². The fraction of sp³-hybridized carbons (Fsp3) is 0.438. The summed E-state index contributed by atoms with van der Waals surface area (Å²) < 4.78 is 23.7. The number of ether oxygens (including phenoxy) is 4. The molecule has 0 aromatic heterocycles. The molecule has 2 aliphatic heterocycles.